The molecule has 0 amide bonds. The molecule has 3 heteroatoms. The number of benzene rings is 1. The largest absolute Gasteiger partial charge is 0.268 e. The molecule has 0 atom stereocenters. The molecule has 0 spiro atoms. The highest BCUT2D eigenvalue weighted by Gasteiger charge is 2.07. The number of aryl methyl sites for hydroxylation is 2. The Kier molecular flexibility index (Phi) is 2.08. The minimum Gasteiger partial charge on any atom is -0.268 e. The molecule has 2 nitrogen and oxygen atoms in total. The van der Waals surface area contributed by atoms with Crippen molar-refractivity contribution < 1.29 is 4.39 Å². The number of halogens is 1. The first-order chi connectivity index (χ1) is 6.68. The molecule has 0 saturated heterocycles. The van der Waals surface area contributed by atoms with Crippen molar-refractivity contribution in [1.82, 2.24) is 9.78 Å². The second-order valence-corrected chi connectivity index (χ2v) is 3.32. The van der Waals surface area contributed by atoms with E-state index in [2.05, 4.69) is 5.10 Å². The summed E-state index contributed by atoms with van der Waals surface area (Å²) >= 11 is 0. The third kappa shape index (κ3) is 1.41. The SMILES string of the molecule is Cc1ccc(-c2ccnn2C)c(F)c1. The van der Waals surface area contributed by atoms with E-state index >= 15 is 0 Å². The Morgan fingerprint density at radius 2 is 2.07 bits per heavy atom. The van der Waals surface area contributed by atoms with Crippen LogP contribution in [0.3, 0.4) is 0 Å². The first kappa shape index (κ1) is 8.94. The van der Waals surface area contributed by atoms with Crippen LogP contribution in [0.15, 0.2) is 30.5 Å². The monoisotopic (exact) mass is 190 g/mol. The zero-order chi connectivity index (χ0) is 10.1. The Bertz CT molecular complexity index is 460. The van der Waals surface area contributed by atoms with Crippen LogP contribution in [0.5, 0.6) is 0 Å². The van der Waals surface area contributed by atoms with Crippen LogP contribution >= 0.6 is 0 Å². The van der Waals surface area contributed by atoms with Gasteiger partial charge in [-0.25, -0.2) is 4.39 Å². The molecule has 2 aromatic rings. The lowest BCUT2D eigenvalue weighted by molar-refractivity contribution is 0.627. The maximum Gasteiger partial charge on any atom is 0.132 e. The quantitative estimate of drug-likeness (QED) is 0.675. The van der Waals surface area contributed by atoms with Gasteiger partial charge in [0.05, 0.1) is 5.69 Å². The third-order valence-electron chi connectivity index (χ3n) is 2.22. The van der Waals surface area contributed by atoms with Crippen LogP contribution in [0.2, 0.25) is 0 Å². The zero-order valence-corrected chi connectivity index (χ0v) is 8.16. The normalized spacial score (nSPS) is 10.5. The lowest BCUT2D eigenvalue weighted by atomic mass is 10.1. The van der Waals surface area contributed by atoms with Crippen LogP contribution in [0.25, 0.3) is 11.3 Å². The van der Waals surface area contributed by atoms with Crippen LogP contribution in [0, 0.1) is 12.7 Å². The van der Waals surface area contributed by atoms with E-state index in [9.17, 15) is 4.39 Å². The Balaban J connectivity index is 2.58. The van der Waals surface area contributed by atoms with Crippen molar-refractivity contribution >= 4 is 0 Å². The van der Waals surface area contributed by atoms with Gasteiger partial charge >= 0.3 is 0 Å². The third-order valence-corrected chi connectivity index (χ3v) is 2.22. The molecule has 0 fully saturated rings. The van der Waals surface area contributed by atoms with E-state index in [1.165, 1.54) is 6.07 Å². The highest BCUT2D eigenvalue weighted by Crippen LogP contribution is 2.22. The molecule has 0 aliphatic rings. The number of rotatable bonds is 1. The Labute approximate surface area is 82.0 Å². The van der Waals surface area contributed by atoms with Gasteiger partial charge in [0.25, 0.3) is 0 Å². The van der Waals surface area contributed by atoms with Crippen LogP contribution in [-0.4, -0.2) is 9.78 Å². The van der Waals surface area contributed by atoms with Crippen molar-refractivity contribution in [3.05, 3.63) is 41.8 Å². The van der Waals surface area contributed by atoms with Gasteiger partial charge in [0.15, 0.2) is 0 Å². The summed E-state index contributed by atoms with van der Waals surface area (Å²) in [4.78, 5) is 0. The van der Waals surface area contributed by atoms with Gasteiger partial charge in [0, 0.05) is 18.8 Å². The Morgan fingerprint density at radius 3 is 2.64 bits per heavy atom. The van der Waals surface area contributed by atoms with E-state index in [4.69, 9.17) is 0 Å². The molecule has 0 saturated carbocycles. The lowest BCUT2D eigenvalue weighted by Crippen LogP contribution is -1.95. The molecule has 0 radical (unpaired) electrons. The van der Waals surface area contributed by atoms with Crippen LogP contribution in [-0.2, 0) is 7.05 Å². The molecule has 0 unspecified atom stereocenters. The topological polar surface area (TPSA) is 17.8 Å². The fourth-order valence-corrected chi connectivity index (χ4v) is 1.47. The van der Waals surface area contributed by atoms with Crippen molar-refractivity contribution in [2.45, 2.75) is 6.92 Å². The molecule has 0 bridgehead atoms. The molecular formula is C11H11FN2. The van der Waals surface area contributed by atoms with Crippen molar-refractivity contribution in [3.63, 3.8) is 0 Å². The van der Waals surface area contributed by atoms with Gasteiger partial charge in [-0.15, -0.1) is 0 Å². The highest BCUT2D eigenvalue weighted by molar-refractivity contribution is 5.60. The first-order valence-electron chi connectivity index (χ1n) is 4.43. The van der Waals surface area contributed by atoms with Crippen molar-refractivity contribution in [2.24, 2.45) is 7.05 Å². The van der Waals surface area contributed by atoms with Gasteiger partial charge < -0.3 is 0 Å². The molecule has 0 aliphatic carbocycles. The summed E-state index contributed by atoms with van der Waals surface area (Å²) in [6, 6.07) is 7.00. The van der Waals surface area contributed by atoms with E-state index < -0.39 is 0 Å². The molecule has 1 aromatic carbocycles. The van der Waals surface area contributed by atoms with Crippen molar-refractivity contribution in [3.8, 4) is 11.3 Å². The molecule has 72 valence electrons. The predicted octanol–water partition coefficient (Wildman–Crippen LogP) is 2.53. The van der Waals surface area contributed by atoms with Gasteiger partial charge in [0.1, 0.15) is 5.82 Å². The number of aromatic nitrogens is 2. The van der Waals surface area contributed by atoms with Crippen LogP contribution < -0.4 is 0 Å². The molecule has 1 aromatic heterocycles. The average Bonchev–Trinajstić information content (AvgIpc) is 2.52. The van der Waals surface area contributed by atoms with E-state index in [0.29, 0.717) is 5.56 Å². The lowest BCUT2D eigenvalue weighted by Gasteiger charge is -2.04. The Morgan fingerprint density at radius 1 is 1.29 bits per heavy atom. The maximum absolute atomic E-state index is 13.6. The van der Waals surface area contributed by atoms with Crippen molar-refractivity contribution in [2.75, 3.05) is 0 Å². The van der Waals surface area contributed by atoms with E-state index in [1.54, 1.807) is 30.1 Å². The summed E-state index contributed by atoms with van der Waals surface area (Å²) in [5.74, 6) is -0.200. The summed E-state index contributed by atoms with van der Waals surface area (Å²) in [5.41, 5.74) is 2.31. The number of hydrogen-bond donors (Lipinski definition) is 0. The summed E-state index contributed by atoms with van der Waals surface area (Å²) in [6.45, 7) is 1.87. The second kappa shape index (κ2) is 3.25. The van der Waals surface area contributed by atoms with E-state index in [0.717, 1.165) is 11.3 Å². The van der Waals surface area contributed by atoms with Crippen LogP contribution in [0.1, 0.15) is 5.56 Å². The van der Waals surface area contributed by atoms with Crippen molar-refractivity contribution in [1.29, 1.82) is 0 Å². The predicted molar refractivity (Wildman–Crippen MR) is 53.3 cm³/mol. The summed E-state index contributed by atoms with van der Waals surface area (Å²) in [5, 5.41) is 4.01. The van der Waals surface area contributed by atoms with E-state index in [-0.39, 0.29) is 5.82 Å². The molecule has 0 aliphatic heterocycles. The summed E-state index contributed by atoms with van der Waals surface area (Å²) in [7, 11) is 1.80. The fourth-order valence-electron chi connectivity index (χ4n) is 1.47. The molecule has 2 rings (SSSR count). The van der Waals surface area contributed by atoms with Gasteiger partial charge in [-0.05, 0) is 30.7 Å². The molecular weight excluding hydrogens is 179 g/mol. The minimum absolute atomic E-state index is 0.200. The van der Waals surface area contributed by atoms with Gasteiger partial charge in [0.2, 0.25) is 0 Å². The minimum atomic E-state index is -0.200. The second-order valence-electron chi connectivity index (χ2n) is 3.32. The average molecular weight is 190 g/mol. The number of hydrogen-bond acceptors (Lipinski definition) is 1. The zero-order valence-electron chi connectivity index (χ0n) is 8.16. The van der Waals surface area contributed by atoms with Crippen LogP contribution in [0.4, 0.5) is 4.39 Å². The first-order valence-corrected chi connectivity index (χ1v) is 4.43. The fraction of sp³-hybridized carbons (Fsp3) is 0.182. The van der Waals surface area contributed by atoms with Gasteiger partial charge in [-0.1, -0.05) is 6.07 Å². The summed E-state index contributed by atoms with van der Waals surface area (Å²) in [6.07, 6.45) is 1.66. The van der Waals surface area contributed by atoms with E-state index in [1.807, 2.05) is 13.0 Å². The highest BCUT2D eigenvalue weighted by atomic mass is 19.1. The molecule has 1 heterocycles. The standard InChI is InChI=1S/C11H11FN2/c1-8-3-4-9(10(12)7-8)11-5-6-13-14(11)2/h3-7H,1-2H3. The van der Waals surface area contributed by atoms with Gasteiger partial charge in [-0.3, -0.25) is 4.68 Å². The smallest absolute Gasteiger partial charge is 0.132 e. The maximum atomic E-state index is 13.6. The van der Waals surface area contributed by atoms with Gasteiger partial charge in [-0.2, -0.15) is 5.10 Å². The Hall–Kier alpha value is -1.64. The molecule has 14 heavy (non-hydrogen) atoms. The number of nitrogens with zero attached hydrogens (tertiary/aromatic N) is 2. The summed E-state index contributed by atoms with van der Waals surface area (Å²) < 4.78 is 15.2. The molecule has 0 N–H and O–H groups in total.